The summed E-state index contributed by atoms with van der Waals surface area (Å²) >= 11 is 1.83. The summed E-state index contributed by atoms with van der Waals surface area (Å²) in [6, 6.07) is 55.7. The fourth-order valence-corrected chi connectivity index (χ4v) is 7.28. The second-order valence-electron chi connectivity index (χ2n) is 12.0. The average Bonchev–Trinajstić information content (AvgIpc) is 3.58. The molecular formula is C44H33N3S. The molecule has 0 aliphatic heterocycles. The third kappa shape index (κ3) is 5.86. The number of nitrogens with zero attached hydrogens (tertiary/aromatic N) is 2. The number of fused-ring (bicyclic) bond motifs is 2. The van der Waals surface area contributed by atoms with Gasteiger partial charge in [-0.15, -0.1) is 11.3 Å². The molecule has 2 aromatic heterocycles. The van der Waals surface area contributed by atoms with Crippen molar-refractivity contribution in [2.45, 2.75) is 6.92 Å². The predicted molar refractivity (Wildman–Crippen MR) is 207 cm³/mol. The third-order valence-electron chi connectivity index (χ3n) is 8.83. The Balaban J connectivity index is 1.15. The molecule has 230 valence electrons. The van der Waals surface area contributed by atoms with E-state index in [-0.39, 0.29) is 0 Å². The molecule has 0 saturated heterocycles. The number of hydrogen-bond acceptors (Lipinski definition) is 4. The van der Waals surface area contributed by atoms with E-state index in [1.165, 1.54) is 20.5 Å². The Morgan fingerprint density at radius 2 is 1.21 bits per heavy atom. The van der Waals surface area contributed by atoms with Gasteiger partial charge in [-0.2, -0.15) is 0 Å². The van der Waals surface area contributed by atoms with Gasteiger partial charge in [-0.25, -0.2) is 0 Å². The van der Waals surface area contributed by atoms with E-state index in [1.54, 1.807) is 0 Å². The normalized spacial score (nSPS) is 11.6. The zero-order chi connectivity index (χ0) is 32.5. The van der Waals surface area contributed by atoms with Crippen molar-refractivity contribution < 1.29 is 0 Å². The average molecular weight is 636 g/mol. The van der Waals surface area contributed by atoms with Gasteiger partial charge in [-0.1, -0.05) is 91.0 Å². The number of nitrogens with two attached hydrogens (primary N) is 1. The summed E-state index contributed by atoms with van der Waals surface area (Å²) in [6.07, 6.45) is 4.11. The van der Waals surface area contributed by atoms with E-state index in [1.807, 2.05) is 47.9 Å². The molecule has 3 nitrogen and oxygen atoms in total. The Hall–Kier alpha value is -5.97. The SMILES string of the molecule is C/C(=C\c1ccccc1N)c1ccc(N(c2ccc(-c3cnc4ccccc4c3)cc2)c2ccc(-c3cc4ccccc4s3)cc2)cc1. The third-order valence-corrected chi connectivity index (χ3v) is 10.00. The van der Waals surface area contributed by atoms with E-state index in [0.717, 1.165) is 61.5 Å². The molecule has 0 unspecified atom stereocenters. The Labute approximate surface area is 284 Å². The van der Waals surface area contributed by atoms with E-state index in [0.29, 0.717) is 0 Å². The van der Waals surface area contributed by atoms with Gasteiger partial charge in [-0.3, -0.25) is 4.98 Å². The molecule has 2 N–H and O–H groups in total. The minimum Gasteiger partial charge on any atom is -0.398 e. The minimum absolute atomic E-state index is 0.779. The lowest BCUT2D eigenvalue weighted by Crippen LogP contribution is -2.09. The lowest BCUT2D eigenvalue weighted by Gasteiger charge is -2.26. The van der Waals surface area contributed by atoms with Crippen molar-refractivity contribution in [1.29, 1.82) is 0 Å². The van der Waals surface area contributed by atoms with Gasteiger partial charge < -0.3 is 10.6 Å². The number of para-hydroxylation sites is 2. The molecule has 0 bridgehead atoms. The van der Waals surface area contributed by atoms with Gasteiger partial charge in [0.05, 0.1) is 5.52 Å². The van der Waals surface area contributed by atoms with Crippen molar-refractivity contribution in [2.75, 3.05) is 10.6 Å². The van der Waals surface area contributed by atoms with Crippen molar-refractivity contribution in [3.05, 3.63) is 175 Å². The summed E-state index contributed by atoms with van der Waals surface area (Å²) in [4.78, 5) is 8.28. The molecule has 0 amide bonds. The maximum absolute atomic E-state index is 6.22. The number of aromatic nitrogens is 1. The number of rotatable bonds is 7. The summed E-state index contributed by atoms with van der Waals surface area (Å²) in [6.45, 7) is 2.13. The largest absolute Gasteiger partial charge is 0.398 e. The van der Waals surface area contributed by atoms with E-state index in [9.17, 15) is 0 Å². The molecule has 0 spiro atoms. The predicted octanol–water partition coefficient (Wildman–Crippen LogP) is 12.4. The fraction of sp³-hybridized carbons (Fsp3) is 0.0227. The van der Waals surface area contributed by atoms with Crippen molar-refractivity contribution in [3.8, 4) is 21.6 Å². The minimum atomic E-state index is 0.779. The maximum atomic E-state index is 6.22. The number of benzene rings is 6. The Kier molecular flexibility index (Phi) is 7.77. The number of allylic oxidation sites excluding steroid dienone is 1. The number of nitrogen functional groups attached to an aromatic ring is 1. The first kappa shape index (κ1) is 29.4. The number of hydrogen-bond donors (Lipinski definition) is 1. The zero-order valence-electron chi connectivity index (χ0n) is 26.5. The molecule has 48 heavy (non-hydrogen) atoms. The van der Waals surface area contributed by atoms with Crippen molar-refractivity contribution in [1.82, 2.24) is 4.98 Å². The molecule has 8 aromatic rings. The van der Waals surface area contributed by atoms with Gasteiger partial charge in [-0.05, 0) is 113 Å². The van der Waals surface area contributed by atoms with E-state index in [2.05, 4.69) is 150 Å². The monoisotopic (exact) mass is 635 g/mol. The van der Waals surface area contributed by atoms with Gasteiger partial charge in [0.25, 0.3) is 0 Å². The molecule has 8 rings (SSSR count). The fourth-order valence-electron chi connectivity index (χ4n) is 6.21. The summed E-state index contributed by atoms with van der Waals surface area (Å²) in [5.41, 5.74) is 18.1. The smallest absolute Gasteiger partial charge is 0.0702 e. The summed E-state index contributed by atoms with van der Waals surface area (Å²) in [7, 11) is 0. The van der Waals surface area contributed by atoms with Crippen LogP contribution in [0.25, 0.3) is 54.2 Å². The van der Waals surface area contributed by atoms with Crippen molar-refractivity contribution in [2.24, 2.45) is 0 Å². The van der Waals surface area contributed by atoms with Crippen molar-refractivity contribution in [3.63, 3.8) is 0 Å². The summed E-state index contributed by atoms with van der Waals surface area (Å²) in [5.74, 6) is 0. The van der Waals surface area contributed by atoms with Crippen LogP contribution < -0.4 is 10.6 Å². The van der Waals surface area contributed by atoms with Crippen LogP contribution >= 0.6 is 11.3 Å². The van der Waals surface area contributed by atoms with Gasteiger partial charge in [0, 0.05) is 49.5 Å². The van der Waals surface area contributed by atoms with Crippen LogP contribution in [0.15, 0.2) is 164 Å². The van der Waals surface area contributed by atoms with E-state index in [4.69, 9.17) is 5.73 Å². The molecule has 0 aliphatic carbocycles. The van der Waals surface area contributed by atoms with Crippen LogP contribution in [0.2, 0.25) is 0 Å². The molecule has 0 aliphatic rings. The first-order valence-corrected chi connectivity index (χ1v) is 16.9. The highest BCUT2D eigenvalue weighted by Gasteiger charge is 2.14. The van der Waals surface area contributed by atoms with Gasteiger partial charge >= 0.3 is 0 Å². The molecule has 0 radical (unpaired) electrons. The zero-order valence-corrected chi connectivity index (χ0v) is 27.4. The van der Waals surface area contributed by atoms with Crippen LogP contribution in [0, 0.1) is 0 Å². The first-order valence-electron chi connectivity index (χ1n) is 16.1. The molecule has 0 saturated carbocycles. The van der Waals surface area contributed by atoms with Gasteiger partial charge in [0.15, 0.2) is 0 Å². The number of pyridine rings is 1. The number of anilines is 4. The van der Waals surface area contributed by atoms with Crippen LogP contribution in [-0.2, 0) is 0 Å². The molecule has 0 atom stereocenters. The second-order valence-corrected chi connectivity index (χ2v) is 13.1. The Morgan fingerprint density at radius 1 is 0.604 bits per heavy atom. The highest BCUT2D eigenvalue weighted by molar-refractivity contribution is 7.22. The second kappa shape index (κ2) is 12.7. The number of thiophene rings is 1. The summed E-state index contributed by atoms with van der Waals surface area (Å²) in [5, 5.41) is 2.42. The van der Waals surface area contributed by atoms with Crippen molar-refractivity contribution >= 4 is 66.7 Å². The van der Waals surface area contributed by atoms with Crippen LogP contribution in [-0.4, -0.2) is 4.98 Å². The van der Waals surface area contributed by atoms with Gasteiger partial charge in [0.2, 0.25) is 0 Å². The topological polar surface area (TPSA) is 42.1 Å². The van der Waals surface area contributed by atoms with Crippen LogP contribution in [0.5, 0.6) is 0 Å². The van der Waals surface area contributed by atoms with E-state index >= 15 is 0 Å². The standard InChI is InChI=1S/C44H33N3S/c1-30(26-34-8-2-5-11-41(34)45)31-14-20-38(21-15-31)47(40-24-18-33(19-25-40)44-28-36-10-4-7-13-43(36)48-44)39-22-16-32(17-23-39)37-27-35-9-3-6-12-42(35)46-29-37/h2-29H,45H2,1H3/b30-26+. The summed E-state index contributed by atoms with van der Waals surface area (Å²) < 4.78 is 1.30. The molecule has 2 heterocycles. The van der Waals surface area contributed by atoms with E-state index < -0.39 is 0 Å². The quantitative estimate of drug-likeness (QED) is 0.140. The Bertz CT molecular complexity index is 2370. The van der Waals surface area contributed by atoms with Crippen LogP contribution in [0.1, 0.15) is 18.1 Å². The highest BCUT2D eigenvalue weighted by Crippen LogP contribution is 2.39. The lowest BCUT2D eigenvalue weighted by molar-refractivity contribution is 1.28. The molecule has 6 aromatic carbocycles. The molecule has 0 fully saturated rings. The van der Waals surface area contributed by atoms with Gasteiger partial charge in [0.1, 0.15) is 0 Å². The Morgan fingerprint density at radius 3 is 1.92 bits per heavy atom. The maximum Gasteiger partial charge on any atom is 0.0702 e. The highest BCUT2D eigenvalue weighted by atomic mass is 32.1. The lowest BCUT2D eigenvalue weighted by atomic mass is 10.0. The van der Waals surface area contributed by atoms with Crippen LogP contribution in [0.4, 0.5) is 22.7 Å². The molecule has 4 heteroatoms. The van der Waals surface area contributed by atoms with Crippen LogP contribution in [0.3, 0.4) is 0 Å². The molecular weight excluding hydrogens is 603 g/mol. The first-order chi connectivity index (χ1) is 23.6.